The molecule has 0 unspecified atom stereocenters. The number of nitrogen functional groups attached to an aromatic ring is 2. The predicted octanol–water partition coefficient (Wildman–Crippen LogP) is 1.50. The Hall–Kier alpha value is -4.78. The summed E-state index contributed by atoms with van der Waals surface area (Å²) in [5.74, 6) is -2.89. The molecular weight excluding hydrogens is 698 g/mol. The van der Waals surface area contributed by atoms with Crippen molar-refractivity contribution in [1.82, 2.24) is 0 Å². The first kappa shape index (κ1) is 39.0. The van der Waals surface area contributed by atoms with Crippen molar-refractivity contribution in [2.75, 3.05) is 11.5 Å². The number of azo groups is 3. The average Bonchev–Trinajstić information content (AvgIpc) is 3.06. The Bertz CT molecular complexity index is 2530. The summed E-state index contributed by atoms with van der Waals surface area (Å²) in [4.78, 5) is 10.6. The van der Waals surface area contributed by atoms with Crippen molar-refractivity contribution in [3.8, 4) is 11.5 Å². The van der Waals surface area contributed by atoms with Crippen molar-refractivity contribution >= 4 is 83.1 Å². The van der Waals surface area contributed by atoms with Gasteiger partial charge in [-0.2, -0.15) is 18.6 Å². The van der Waals surface area contributed by atoms with E-state index in [0.717, 1.165) is 18.2 Å². The number of carboxylic acid groups (broad SMARTS) is 1. The van der Waals surface area contributed by atoms with E-state index in [0.29, 0.717) is 33.5 Å². The fourth-order valence-corrected chi connectivity index (χ4v) is 5.50. The van der Waals surface area contributed by atoms with Crippen molar-refractivity contribution in [3.05, 3.63) is 103 Å². The molecule has 0 aromatic heterocycles. The molecule has 18 heteroatoms. The number of aromatic carboxylic acids is 1. The van der Waals surface area contributed by atoms with E-state index in [2.05, 4.69) is 30.7 Å². The fraction of sp³-hybridized carbons (Fsp3) is 0. The first-order valence-corrected chi connectivity index (χ1v) is 15.5. The first-order valence-electron chi connectivity index (χ1n) is 14.1. The number of rotatable bonds is 8. The number of anilines is 2. The van der Waals surface area contributed by atoms with E-state index in [-0.39, 0.29) is 86.9 Å². The summed E-state index contributed by atoms with van der Waals surface area (Å²) in [5, 5.41) is 60.6. The molecule has 6 N–H and O–H groups in total. The molecule has 0 atom stereocenters. The van der Waals surface area contributed by atoms with Gasteiger partial charge in [-0.1, -0.05) is 47.9 Å². The summed E-state index contributed by atoms with van der Waals surface area (Å²) >= 11 is 0. The topological polar surface area (TPSA) is 264 Å². The second kappa shape index (κ2) is 16.1. The van der Waals surface area contributed by atoms with Crippen molar-refractivity contribution in [3.63, 3.8) is 0 Å². The van der Waals surface area contributed by atoms with Crippen molar-refractivity contribution < 1.29 is 92.2 Å². The molecule has 0 spiro atoms. The molecule has 6 aromatic carbocycles. The summed E-state index contributed by atoms with van der Waals surface area (Å²) in [6.07, 6.45) is 0. The third kappa shape index (κ3) is 8.58. The number of fused-ring (bicyclic) bond motifs is 2. The number of benzene rings is 6. The molecule has 6 rings (SSSR count). The zero-order chi connectivity index (χ0) is 34.9. The zero-order valence-electron chi connectivity index (χ0n) is 26.9. The van der Waals surface area contributed by atoms with Crippen LogP contribution in [0.1, 0.15) is 10.4 Å². The van der Waals surface area contributed by atoms with Crippen molar-refractivity contribution in [2.24, 2.45) is 30.7 Å². The van der Waals surface area contributed by atoms with Crippen LogP contribution in [0.3, 0.4) is 0 Å². The number of hydrogen-bond acceptors (Lipinski definition) is 13. The summed E-state index contributed by atoms with van der Waals surface area (Å²) < 4.78 is 34.7. The molecule has 0 aliphatic rings. The van der Waals surface area contributed by atoms with Gasteiger partial charge >= 0.3 is 65.1 Å². The molecule has 0 fully saturated rings. The Morgan fingerprint density at radius 2 is 1.22 bits per heavy atom. The van der Waals surface area contributed by atoms with Crippen LogP contribution in [-0.2, 0) is 10.1 Å². The average molecular weight is 721 g/mol. The molecule has 0 bridgehead atoms. The molecule has 0 saturated heterocycles. The molecule has 0 amide bonds. The van der Waals surface area contributed by atoms with Crippen LogP contribution < -0.4 is 80.8 Å². The maximum absolute atomic E-state index is 13.6. The maximum atomic E-state index is 13.6. The number of carboxylic acids is 1. The molecule has 0 radical (unpaired) electrons. The van der Waals surface area contributed by atoms with Gasteiger partial charge in [0, 0.05) is 16.5 Å². The van der Waals surface area contributed by atoms with Gasteiger partial charge in [-0.15, -0.1) is 20.5 Å². The van der Waals surface area contributed by atoms with Crippen LogP contribution in [0.4, 0.5) is 45.5 Å². The molecule has 0 aliphatic carbocycles. The Morgan fingerprint density at radius 1 is 0.647 bits per heavy atom. The van der Waals surface area contributed by atoms with Gasteiger partial charge in [0.15, 0.2) is 0 Å². The standard InChI is InChI=1S/C33H24N8O7S.2Na/c34-18-6-9-28(25(35)14-18)40-37-19-7-5-17-13-30(49(46,47)48)31(32(43)23(17)15-19)41-39-27-11-10-26(21-3-1-2-4-22(21)27)38-36-20-8-12-29(42)24(16-20)33(44)45;;/h1-16,42-43H,34-35H2,(H,44,45)(H,46,47,48);;/q;2*+1/p-2. The van der Waals surface area contributed by atoms with Crippen LogP contribution in [0, 0.1) is 0 Å². The van der Waals surface area contributed by atoms with E-state index in [1.807, 2.05) is 0 Å². The van der Waals surface area contributed by atoms with Crippen LogP contribution in [0.2, 0.25) is 0 Å². The Kier molecular flexibility index (Phi) is 12.3. The van der Waals surface area contributed by atoms with Gasteiger partial charge in [0.1, 0.15) is 10.6 Å². The molecule has 244 valence electrons. The van der Waals surface area contributed by atoms with Gasteiger partial charge in [0.25, 0.3) is 10.1 Å². The summed E-state index contributed by atoms with van der Waals surface area (Å²) in [6.45, 7) is 0. The number of hydrogen-bond donors (Lipinski definition) is 4. The third-order valence-corrected chi connectivity index (χ3v) is 8.09. The maximum Gasteiger partial charge on any atom is 1.00 e. The minimum absolute atomic E-state index is 0. The number of carbonyl (C=O) groups is 1. The van der Waals surface area contributed by atoms with Crippen LogP contribution in [0.5, 0.6) is 11.5 Å². The molecule has 0 aliphatic heterocycles. The quantitative estimate of drug-likeness (QED) is 0.0767. The van der Waals surface area contributed by atoms with E-state index in [1.165, 1.54) is 42.5 Å². The smallest absolute Gasteiger partial charge is 0.872 e. The molecule has 51 heavy (non-hydrogen) atoms. The number of nitrogens with two attached hydrogens (primary N) is 2. The second-order valence-corrected chi connectivity index (χ2v) is 11.9. The van der Waals surface area contributed by atoms with Crippen molar-refractivity contribution in [2.45, 2.75) is 4.90 Å². The molecule has 6 aromatic rings. The minimum Gasteiger partial charge on any atom is -0.872 e. The Morgan fingerprint density at radius 3 is 1.82 bits per heavy atom. The Balaban J connectivity index is 0.00000292. The van der Waals surface area contributed by atoms with E-state index >= 15 is 0 Å². The first-order chi connectivity index (χ1) is 23.4. The summed E-state index contributed by atoms with van der Waals surface area (Å²) in [7, 11) is -4.91. The predicted molar refractivity (Wildman–Crippen MR) is 178 cm³/mol. The normalized spacial score (nSPS) is 11.7. The van der Waals surface area contributed by atoms with E-state index in [9.17, 15) is 33.1 Å². The minimum atomic E-state index is -4.91. The summed E-state index contributed by atoms with van der Waals surface area (Å²) in [5.41, 5.74) is 12.6. The second-order valence-electron chi connectivity index (χ2n) is 10.5. The molecule has 0 heterocycles. The molecular formula is C33H22N8Na2O7S. The van der Waals surface area contributed by atoms with Gasteiger partial charge in [-0.3, -0.25) is 4.55 Å². The number of nitrogens with zero attached hydrogens (tertiary/aromatic N) is 6. The van der Waals surface area contributed by atoms with Gasteiger partial charge in [-0.25, -0.2) is 4.79 Å². The van der Waals surface area contributed by atoms with E-state index < -0.39 is 43.7 Å². The van der Waals surface area contributed by atoms with Gasteiger partial charge in [-0.05, 0) is 71.4 Å². The largest absolute Gasteiger partial charge is 1.00 e. The van der Waals surface area contributed by atoms with E-state index in [1.54, 1.807) is 36.4 Å². The zero-order valence-corrected chi connectivity index (χ0v) is 31.7. The van der Waals surface area contributed by atoms with Crippen LogP contribution in [0.15, 0.2) is 133 Å². The fourth-order valence-electron chi connectivity index (χ4n) is 4.85. The van der Waals surface area contributed by atoms with Crippen LogP contribution in [-0.4, -0.2) is 24.0 Å². The molecule has 0 saturated carbocycles. The molecule has 15 nitrogen and oxygen atoms in total. The summed E-state index contributed by atoms with van der Waals surface area (Å²) in [6, 6.07) is 23.5. The van der Waals surface area contributed by atoms with Crippen LogP contribution >= 0.6 is 0 Å². The third-order valence-electron chi connectivity index (χ3n) is 7.22. The Labute approximate surface area is 333 Å². The van der Waals surface area contributed by atoms with Gasteiger partial charge in [0.2, 0.25) is 0 Å². The van der Waals surface area contributed by atoms with Gasteiger partial charge < -0.3 is 26.8 Å². The van der Waals surface area contributed by atoms with E-state index in [4.69, 9.17) is 11.5 Å². The monoisotopic (exact) mass is 720 g/mol. The van der Waals surface area contributed by atoms with Crippen molar-refractivity contribution in [1.29, 1.82) is 0 Å². The SMILES string of the molecule is Nc1ccc(N=Nc2ccc3cc(S(=O)(=O)O)c(N=Nc4ccc(N=Nc5ccc([O-])c(C(=O)O)c5)c5ccccc45)c([O-])c3c2)c(N)c1.[Na+].[Na+]. The van der Waals surface area contributed by atoms with Crippen LogP contribution in [0.25, 0.3) is 21.5 Å². The van der Waals surface area contributed by atoms with Gasteiger partial charge in [0.05, 0.1) is 39.7 Å².